The summed E-state index contributed by atoms with van der Waals surface area (Å²) in [5, 5.41) is 8.72. The highest BCUT2D eigenvalue weighted by atomic mass is 79.9. The van der Waals surface area contributed by atoms with E-state index in [0.29, 0.717) is 13.1 Å². The highest BCUT2D eigenvalue weighted by molar-refractivity contribution is 9.10. The molecule has 0 aliphatic rings. The van der Waals surface area contributed by atoms with E-state index in [1.165, 1.54) is 0 Å². The van der Waals surface area contributed by atoms with Crippen LogP contribution in [0.1, 0.15) is 22.6 Å². The molecule has 0 spiro atoms. The summed E-state index contributed by atoms with van der Waals surface area (Å²) >= 11 is 3.56. The van der Waals surface area contributed by atoms with Gasteiger partial charge in [-0.3, -0.25) is 9.36 Å². The zero-order valence-corrected chi connectivity index (χ0v) is 11.8. The van der Waals surface area contributed by atoms with Crippen LogP contribution in [-0.4, -0.2) is 19.6 Å². The molecule has 2 aromatic rings. The third kappa shape index (κ3) is 2.14. The number of hydrogen-bond acceptors (Lipinski definition) is 3. The van der Waals surface area contributed by atoms with E-state index >= 15 is 0 Å². The summed E-state index contributed by atoms with van der Waals surface area (Å²) in [7, 11) is 1.94. The Kier molecular flexibility index (Phi) is 3.35. The van der Waals surface area contributed by atoms with Crippen molar-refractivity contribution in [1.29, 1.82) is 0 Å². The third-order valence-electron chi connectivity index (χ3n) is 2.99. The van der Waals surface area contributed by atoms with Crippen molar-refractivity contribution in [2.75, 3.05) is 0 Å². The number of rotatable bonds is 3. The Morgan fingerprint density at radius 2 is 2.12 bits per heavy atom. The normalized spacial score (nSPS) is 11.1. The van der Waals surface area contributed by atoms with Crippen molar-refractivity contribution >= 4 is 15.9 Å². The van der Waals surface area contributed by atoms with Crippen molar-refractivity contribution in [3.05, 3.63) is 33.3 Å². The summed E-state index contributed by atoms with van der Waals surface area (Å²) < 4.78 is 4.87. The molecule has 0 fully saturated rings. The average Bonchev–Trinajstić information content (AvgIpc) is 2.75. The minimum atomic E-state index is 0.525. The fraction of sp³-hybridized carbons (Fsp3) is 0.455. The second kappa shape index (κ2) is 4.62. The molecule has 0 aliphatic carbocycles. The predicted molar refractivity (Wildman–Crippen MR) is 69.6 cm³/mol. The van der Waals surface area contributed by atoms with Gasteiger partial charge in [-0.25, -0.2) is 0 Å². The van der Waals surface area contributed by atoms with Crippen LogP contribution in [0.25, 0.3) is 0 Å². The zero-order valence-electron chi connectivity index (χ0n) is 10.2. The summed E-state index contributed by atoms with van der Waals surface area (Å²) in [6, 6.07) is 0. The first kappa shape index (κ1) is 12.3. The highest BCUT2D eigenvalue weighted by Gasteiger charge is 2.13. The van der Waals surface area contributed by atoms with Crippen molar-refractivity contribution in [2.45, 2.75) is 26.9 Å². The van der Waals surface area contributed by atoms with Crippen LogP contribution in [0.3, 0.4) is 0 Å². The quantitative estimate of drug-likeness (QED) is 0.934. The van der Waals surface area contributed by atoms with E-state index in [1.54, 1.807) is 0 Å². The van der Waals surface area contributed by atoms with Gasteiger partial charge in [-0.15, -0.1) is 0 Å². The molecule has 0 unspecified atom stereocenters. The molecule has 2 rings (SSSR count). The van der Waals surface area contributed by atoms with Crippen molar-refractivity contribution in [3.8, 4) is 0 Å². The fourth-order valence-electron chi connectivity index (χ4n) is 1.84. The molecule has 0 saturated heterocycles. The predicted octanol–water partition coefficient (Wildman–Crippen LogP) is 1.50. The SMILES string of the molecule is Cc1nn(C)c(Cn2ncc(CN)c2C)c1Br. The van der Waals surface area contributed by atoms with Crippen LogP contribution in [-0.2, 0) is 20.1 Å². The van der Waals surface area contributed by atoms with Crippen LogP contribution >= 0.6 is 15.9 Å². The van der Waals surface area contributed by atoms with Crippen LogP contribution in [0, 0.1) is 13.8 Å². The summed E-state index contributed by atoms with van der Waals surface area (Å²) in [5.41, 5.74) is 9.93. The van der Waals surface area contributed by atoms with Crippen molar-refractivity contribution in [3.63, 3.8) is 0 Å². The highest BCUT2D eigenvalue weighted by Crippen LogP contribution is 2.21. The molecule has 0 aliphatic heterocycles. The van der Waals surface area contributed by atoms with E-state index < -0.39 is 0 Å². The van der Waals surface area contributed by atoms with Gasteiger partial charge >= 0.3 is 0 Å². The topological polar surface area (TPSA) is 61.7 Å². The molecule has 2 aromatic heterocycles. The van der Waals surface area contributed by atoms with Crippen LogP contribution in [0.15, 0.2) is 10.7 Å². The smallest absolute Gasteiger partial charge is 0.0842 e. The first-order valence-electron chi connectivity index (χ1n) is 5.44. The number of nitrogens with two attached hydrogens (primary N) is 1. The van der Waals surface area contributed by atoms with Crippen LogP contribution < -0.4 is 5.73 Å². The maximum Gasteiger partial charge on any atom is 0.0842 e. The lowest BCUT2D eigenvalue weighted by molar-refractivity contribution is 0.604. The van der Waals surface area contributed by atoms with Gasteiger partial charge in [0.1, 0.15) is 0 Å². The maximum absolute atomic E-state index is 5.64. The molecule has 0 amide bonds. The number of hydrogen-bond donors (Lipinski definition) is 1. The Labute approximate surface area is 109 Å². The molecule has 2 N–H and O–H groups in total. The van der Waals surface area contributed by atoms with Crippen LogP contribution in [0.2, 0.25) is 0 Å². The zero-order chi connectivity index (χ0) is 12.6. The summed E-state index contributed by atoms with van der Waals surface area (Å²) in [6.45, 7) is 5.24. The Balaban J connectivity index is 2.34. The first-order chi connectivity index (χ1) is 8.04. The summed E-state index contributed by atoms with van der Waals surface area (Å²) in [6.07, 6.45) is 1.83. The molecule has 0 aromatic carbocycles. The molecular weight excluding hydrogens is 282 g/mol. The van der Waals surface area contributed by atoms with Crippen molar-refractivity contribution in [1.82, 2.24) is 19.6 Å². The molecule has 0 saturated carbocycles. The molecule has 0 atom stereocenters. The molecule has 17 heavy (non-hydrogen) atoms. The standard InChI is InChI=1S/C11H16BrN5/c1-7-11(12)10(16(3)15-7)6-17-8(2)9(4-13)5-14-17/h5H,4,6,13H2,1-3H3. The number of nitrogens with zero attached hydrogens (tertiary/aromatic N) is 4. The van der Waals surface area contributed by atoms with Crippen LogP contribution in [0.4, 0.5) is 0 Å². The summed E-state index contributed by atoms with van der Waals surface area (Å²) in [5.74, 6) is 0. The lowest BCUT2D eigenvalue weighted by Gasteiger charge is -2.06. The van der Waals surface area contributed by atoms with E-state index in [-0.39, 0.29) is 0 Å². The van der Waals surface area contributed by atoms with Crippen LogP contribution in [0.5, 0.6) is 0 Å². The number of halogens is 1. The minimum Gasteiger partial charge on any atom is -0.326 e. The Hall–Kier alpha value is -1.14. The van der Waals surface area contributed by atoms with E-state index in [9.17, 15) is 0 Å². The Morgan fingerprint density at radius 1 is 1.41 bits per heavy atom. The van der Waals surface area contributed by atoms with Gasteiger partial charge in [0.25, 0.3) is 0 Å². The number of aromatic nitrogens is 4. The van der Waals surface area contributed by atoms with Crippen molar-refractivity contribution < 1.29 is 0 Å². The van der Waals surface area contributed by atoms with E-state index in [4.69, 9.17) is 5.73 Å². The van der Waals surface area contributed by atoms with Gasteiger partial charge < -0.3 is 5.73 Å². The first-order valence-corrected chi connectivity index (χ1v) is 6.23. The lowest BCUT2D eigenvalue weighted by atomic mass is 10.2. The largest absolute Gasteiger partial charge is 0.326 e. The Morgan fingerprint density at radius 3 is 2.59 bits per heavy atom. The van der Waals surface area contributed by atoms with E-state index in [0.717, 1.165) is 27.1 Å². The molecule has 0 radical (unpaired) electrons. The molecule has 92 valence electrons. The molecular formula is C11H16BrN5. The molecule has 0 bridgehead atoms. The number of aryl methyl sites for hydroxylation is 2. The average molecular weight is 298 g/mol. The van der Waals surface area contributed by atoms with E-state index in [1.807, 2.05) is 36.5 Å². The van der Waals surface area contributed by atoms with E-state index in [2.05, 4.69) is 26.1 Å². The second-order valence-electron chi connectivity index (χ2n) is 4.09. The van der Waals surface area contributed by atoms with Gasteiger partial charge in [0.15, 0.2) is 0 Å². The summed E-state index contributed by atoms with van der Waals surface area (Å²) in [4.78, 5) is 0. The maximum atomic E-state index is 5.64. The Bertz CT molecular complexity index is 540. The molecule has 2 heterocycles. The van der Waals surface area contributed by atoms with Gasteiger partial charge in [0, 0.05) is 24.8 Å². The lowest BCUT2D eigenvalue weighted by Crippen LogP contribution is -2.09. The molecule has 6 heteroatoms. The van der Waals surface area contributed by atoms with Gasteiger partial charge in [0.05, 0.1) is 28.6 Å². The van der Waals surface area contributed by atoms with Crippen molar-refractivity contribution in [2.24, 2.45) is 12.8 Å². The minimum absolute atomic E-state index is 0.525. The monoisotopic (exact) mass is 297 g/mol. The van der Waals surface area contributed by atoms with Gasteiger partial charge in [-0.05, 0) is 29.8 Å². The van der Waals surface area contributed by atoms with Gasteiger partial charge in [-0.2, -0.15) is 10.2 Å². The second-order valence-corrected chi connectivity index (χ2v) is 4.88. The third-order valence-corrected chi connectivity index (χ3v) is 4.02. The van der Waals surface area contributed by atoms with Gasteiger partial charge in [-0.1, -0.05) is 0 Å². The molecule has 5 nitrogen and oxygen atoms in total. The van der Waals surface area contributed by atoms with Gasteiger partial charge in [0.2, 0.25) is 0 Å². The fourth-order valence-corrected chi connectivity index (χ4v) is 2.30.